The van der Waals surface area contributed by atoms with Crippen LogP contribution in [0, 0.1) is 6.92 Å². The first kappa shape index (κ1) is 14.8. The van der Waals surface area contributed by atoms with E-state index in [1.54, 1.807) is 12.1 Å². The summed E-state index contributed by atoms with van der Waals surface area (Å²) >= 11 is 0. The molecule has 1 rings (SSSR count). The SMILES string of the molecule is CCOc1ccc(C)cc1C(O)=CC(=O)C(=O)OC. The molecule has 0 unspecified atom stereocenters. The van der Waals surface area contributed by atoms with Gasteiger partial charge in [-0.1, -0.05) is 11.6 Å². The lowest BCUT2D eigenvalue weighted by Gasteiger charge is -2.10. The number of hydrogen-bond donors (Lipinski definition) is 1. The molecule has 0 bridgehead atoms. The topological polar surface area (TPSA) is 72.8 Å². The van der Waals surface area contributed by atoms with Crippen LogP contribution in [0.15, 0.2) is 24.3 Å². The van der Waals surface area contributed by atoms with Crippen molar-refractivity contribution in [3.05, 3.63) is 35.4 Å². The van der Waals surface area contributed by atoms with E-state index in [1.807, 2.05) is 19.9 Å². The van der Waals surface area contributed by atoms with Crippen molar-refractivity contribution in [3.8, 4) is 5.75 Å². The number of ether oxygens (including phenoxy) is 2. The molecular formula is C14H16O5. The molecule has 0 aliphatic heterocycles. The molecule has 0 fully saturated rings. The minimum atomic E-state index is -1.03. The summed E-state index contributed by atoms with van der Waals surface area (Å²) in [7, 11) is 1.10. The molecule has 102 valence electrons. The third-order valence-electron chi connectivity index (χ3n) is 2.37. The molecule has 1 N–H and O–H groups in total. The van der Waals surface area contributed by atoms with Crippen LogP contribution in [0.1, 0.15) is 18.1 Å². The zero-order valence-electron chi connectivity index (χ0n) is 11.1. The van der Waals surface area contributed by atoms with E-state index >= 15 is 0 Å². The third-order valence-corrected chi connectivity index (χ3v) is 2.37. The van der Waals surface area contributed by atoms with Gasteiger partial charge in [0, 0.05) is 6.08 Å². The summed E-state index contributed by atoms with van der Waals surface area (Å²) in [4.78, 5) is 22.4. The largest absolute Gasteiger partial charge is 0.507 e. The van der Waals surface area contributed by atoms with Crippen LogP contribution >= 0.6 is 0 Å². The van der Waals surface area contributed by atoms with Crippen LogP contribution in [0.4, 0.5) is 0 Å². The van der Waals surface area contributed by atoms with Crippen molar-refractivity contribution < 1.29 is 24.2 Å². The highest BCUT2D eigenvalue weighted by Gasteiger charge is 2.15. The van der Waals surface area contributed by atoms with Crippen molar-refractivity contribution in [2.45, 2.75) is 13.8 Å². The molecule has 0 heterocycles. The van der Waals surface area contributed by atoms with Gasteiger partial charge >= 0.3 is 5.97 Å². The summed E-state index contributed by atoms with van der Waals surface area (Å²) in [6.45, 7) is 4.08. The lowest BCUT2D eigenvalue weighted by atomic mass is 10.1. The molecule has 0 atom stereocenters. The number of benzene rings is 1. The number of hydrogen-bond acceptors (Lipinski definition) is 5. The highest BCUT2D eigenvalue weighted by Crippen LogP contribution is 2.26. The van der Waals surface area contributed by atoms with Gasteiger partial charge in [0.25, 0.3) is 5.78 Å². The first-order valence-corrected chi connectivity index (χ1v) is 5.76. The Labute approximate surface area is 111 Å². The first-order valence-electron chi connectivity index (χ1n) is 5.76. The Hall–Kier alpha value is -2.30. The number of methoxy groups -OCH3 is 1. The maximum Gasteiger partial charge on any atom is 0.378 e. The zero-order chi connectivity index (χ0) is 14.4. The second-order valence-corrected chi connectivity index (χ2v) is 3.82. The monoisotopic (exact) mass is 264 g/mol. The number of esters is 1. The van der Waals surface area contributed by atoms with Crippen molar-refractivity contribution in [3.63, 3.8) is 0 Å². The molecule has 0 radical (unpaired) electrons. The smallest absolute Gasteiger partial charge is 0.378 e. The molecule has 0 aromatic heterocycles. The highest BCUT2D eigenvalue weighted by atomic mass is 16.5. The van der Waals surface area contributed by atoms with Crippen LogP contribution in [-0.2, 0) is 14.3 Å². The van der Waals surface area contributed by atoms with E-state index in [4.69, 9.17) is 4.74 Å². The Kier molecular flexibility index (Phi) is 5.11. The maximum atomic E-state index is 11.4. The number of aryl methyl sites for hydroxylation is 1. The third kappa shape index (κ3) is 3.84. The van der Waals surface area contributed by atoms with Gasteiger partial charge in [0.1, 0.15) is 11.5 Å². The Morgan fingerprint density at radius 2 is 2.05 bits per heavy atom. The van der Waals surface area contributed by atoms with Gasteiger partial charge in [-0.05, 0) is 26.0 Å². The number of aliphatic hydroxyl groups is 1. The summed E-state index contributed by atoms with van der Waals surface area (Å²) < 4.78 is 9.63. The number of ketones is 1. The number of rotatable bonds is 5. The zero-order valence-corrected chi connectivity index (χ0v) is 11.1. The van der Waals surface area contributed by atoms with E-state index in [2.05, 4.69) is 4.74 Å². The van der Waals surface area contributed by atoms with Gasteiger partial charge in [-0.2, -0.15) is 0 Å². The molecule has 5 nitrogen and oxygen atoms in total. The summed E-state index contributed by atoms with van der Waals surface area (Å²) in [5.74, 6) is -1.84. The Balaban J connectivity index is 3.13. The van der Waals surface area contributed by atoms with Gasteiger partial charge in [0.15, 0.2) is 0 Å². The van der Waals surface area contributed by atoms with Crippen LogP contribution in [0.3, 0.4) is 0 Å². The van der Waals surface area contributed by atoms with Crippen molar-refractivity contribution in [1.82, 2.24) is 0 Å². The minimum Gasteiger partial charge on any atom is -0.507 e. The van der Waals surface area contributed by atoms with Gasteiger partial charge in [0.05, 0.1) is 19.3 Å². The molecular weight excluding hydrogens is 248 g/mol. The van der Waals surface area contributed by atoms with E-state index in [9.17, 15) is 14.7 Å². The van der Waals surface area contributed by atoms with E-state index in [-0.39, 0.29) is 5.76 Å². The average molecular weight is 264 g/mol. The van der Waals surface area contributed by atoms with Gasteiger partial charge in [-0.3, -0.25) is 4.79 Å². The molecule has 0 saturated carbocycles. The molecule has 19 heavy (non-hydrogen) atoms. The number of aliphatic hydroxyl groups excluding tert-OH is 1. The lowest BCUT2D eigenvalue weighted by Crippen LogP contribution is -2.13. The molecule has 0 spiro atoms. The second kappa shape index (κ2) is 6.58. The Bertz CT molecular complexity index is 517. The van der Waals surface area contributed by atoms with Crippen molar-refractivity contribution in [1.29, 1.82) is 0 Å². The number of carbonyl (C=O) groups excluding carboxylic acids is 2. The van der Waals surface area contributed by atoms with E-state index in [0.29, 0.717) is 17.9 Å². The quantitative estimate of drug-likeness (QED) is 0.381. The summed E-state index contributed by atoms with van der Waals surface area (Å²) in [6.07, 6.45) is 0.823. The van der Waals surface area contributed by atoms with Crippen molar-refractivity contribution >= 4 is 17.5 Å². The summed E-state index contributed by atoms with van der Waals surface area (Å²) in [5, 5.41) is 9.92. The standard InChI is InChI=1S/C14H16O5/c1-4-19-13-6-5-9(2)7-10(13)11(15)8-12(16)14(17)18-3/h5-8,15H,4H2,1-3H3. The molecule has 1 aromatic carbocycles. The van der Waals surface area contributed by atoms with E-state index in [0.717, 1.165) is 18.7 Å². The van der Waals surface area contributed by atoms with Crippen LogP contribution in [0.2, 0.25) is 0 Å². The minimum absolute atomic E-state index is 0.331. The van der Waals surface area contributed by atoms with E-state index in [1.165, 1.54) is 0 Å². The normalized spacial score (nSPS) is 11.0. The average Bonchev–Trinajstić information content (AvgIpc) is 2.39. The summed E-state index contributed by atoms with van der Waals surface area (Å²) in [6, 6.07) is 5.19. The molecule has 1 aromatic rings. The van der Waals surface area contributed by atoms with Gasteiger partial charge < -0.3 is 14.6 Å². The number of carbonyl (C=O) groups is 2. The van der Waals surface area contributed by atoms with Crippen LogP contribution in [-0.4, -0.2) is 30.6 Å². The lowest BCUT2D eigenvalue weighted by molar-refractivity contribution is -0.149. The Morgan fingerprint density at radius 1 is 1.37 bits per heavy atom. The van der Waals surface area contributed by atoms with Crippen LogP contribution < -0.4 is 4.74 Å². The van der Waals surface area contributed by atoms with Crippen LogP contribution in [0.25, 0.3) is 5.76 Å². The predicted octanol–water partition coefficient (Wildman–Crippen LogP) is 2.03. The molecule has 5 heteroatoms. The molecule has 0 aliphatic carbocycles. The predicted molar refractivity (Wildman–Crippen MR) is 70.0 cm³/mol. The summed E-state index contributed by atoms with van der Waals surface area (Å²) in [5.41, 5.74) is 1.25. The van der Waals surface area contributed by atoms with Gasteiger partial charge in [-0.25, -0.2) is 4.79 Å². The maximum absolute atomic E-state index is 11.4. The fourth-order valence-corrected chi connectivity index (χ4v) is 1.49. The Morgan fingerprint density at radius 3 is 2.63 bits per heavy atom. The molecule has 0 saturated heterocycles. The molecule has 0 aliphatic rings. The van der Waals surface area contributed by atoms with Crippen molar-refractivity contribution in [2.24, 2.45) is 0 Å². The fourth-order valence-electron chi connectivity index (χ4n) is 1.49. The molecule has 0 amide bonds. The van der Waals surface area contributed by atoms with Crippen molar-refractivity contribution in [2.75, 3.05) is 13.7 Å². The first-order chi connectivity index (χ1) is 8.99. The van der Waals surface area contributed by atoms with E-state index < -0.39 is 11.8 Å². The highest BCUT2D eigenvalue weighted by molar-refractivity contribution is 6.39. The van der Waals surface area contributed by atoms with Crippen LogP contribution in [0.5, 0.6) is 5.75 Å². The fraction of sp³-hybridized carbons (Fsp3) is 0.286. The van der Waals surface area contributed by atoms with Gasteiger partial charge in [-0.15, -0.1) is 0 Å². The van der Waals surface area contributed by atoms with Gasteiger partial charge in [0.2, 0.25) is 0 Å². The second-order valence-electron chi connectivity index (χ2n) is 3.82.